The molecular formula is C6H9N3O3. The van der Waals surface area contributed by atoms with E-state index in [4.69, 9.17) is 10.6 Å². The Kier molecular flexibility index (Phi) is 4.52. The monoisotopic (exact) mass is 171 g/mol. The van der Waals surface area contributed by atoms with Gasteiger partial charge in [-0.2, -0.15) is 4.79 Å². The summed E-state index contributed by atoms with van der Waals surface area (Å²) in [4.78, 5) is 23.9. The molecule has 0 saturated heterocycles. The van der Waals surface area contributed by atoms with Crippen LogP contribution in [0.1, 0.15) is 6.92 Å². The highest BCUT2D eigenvalue weighted by atomic mass is 16.3. The number of hydrogen-bond donors (Lipinski definition) is 2. The van der Waals surface area contributed by atoms with E-state index in [0.29, 0.717) is 0 Å². The number of hydrogen-bond acceptors (Lipinski definition) is 3. The largest absolute Gasteiger partial charge is 0.421 e. The second kappa shape index (κ2) is 5.17. The third-order valence-electron chi connectivity index (χ3n) is 1.05. The number of ketones is 1. The van der Waals surface area contributed by atoms with Crippen molar-refractivity contribution >= 4 is 17.4 Å². The maximum Gasteiger partial charge on any atom is 0.421 e. The lowest BCUT2D eigenvalue weighted by Crippen LogP contribution is -2.37. The lowest BCUT2D eigenvalue weighted by molar-refractivity contribution is -0.124. The second-order valence-corrected chi connectivity index (χ2v) is 1.98. The Labute approximate surface area is 68.8 Å². The highest BCUT2D eigenvalue weighted by Crippen LogP contribution is 1.75. The van der Waals surface area contributed by atoms with E-state index in [1.165, 1.54) is 0 Å². The van der Waals surface area contributed by atoms with Crippen molar-refractivity contribution in [2.45, 2.75) is 6.92 Å². The summed E-state index contributed by atoms with van der Waals surface area (Å²) < 4.78 is 0. The van der Waals surface area contributed by atoms with Crippen molar-refractivity contribution in [2.24, 2.45) is 0 Å². The molecule has 0 spiro atoms. The van der Waals surface area contributed by atoms with Gasteiger partial charge < -0.3 is 16.0 Å². The lowest BCUT2D eigenvalue weighted by atomic mass is 10.2. The van der Waals surface area contributed by atoms with Gasteiger partial charge >= 0.3 is 11.6 Å². The Morgan fingerprint density at radius 1 is 1.58 bits per heavy atom. The second-order valence-electron chi connectivity index (χ2n) is 1.98. The standard InChI is InChI=1S/C6H9N3O3/c1-4(11)5(9-7)6(12)8-2-3-10/h10H,2-3H2,1H3,(H,8,12). The van der Waals surface area contributed by atoms with Crippen molar-refractivity contribution in [1.29, 1.82) is 0 Å². The van der Waals surface area contributed by atoms with Gasteiger partial charge in [0, 0.05) is 13.5 Å². The van der Waals surface area contributed by atoms with Gasteiger partial charge in [0.15, 0.2) is 0 Å². The summed E-state index contributed by atoms with van der Waals surface area (Å²) in [6.45, 7) is 0.890. The third-order valence-corrected chi connectivity index (χ3v) is 1.05. The smallest absolute Gasteiger partial charge is 0.395 e. The molecule has 0 aliphatic rings. The molecule has 0 bridgehead atoms. The highest BCUT2D eigenvalue weighted by molar-refractivity contribution is 6.63. The fraction of sp³-hybridized carbons (Fsp3) is 0.500. The number of amides is 1. The quantitative estimate of drug-likeness (QED) is 0.229. The first-order chi connectivity index (χ1) is 5.63. The minimum absolute atomic E-state index is 0.0190. The van der Waals surface area contributed by atoms with E-state index < -0.39 is 17.4 Å². The van der Waals surface area contributed by atoms with Gasteiger partial charge in [-0.25, -0.2) is 0 Å². The SMILES string of the molecule is CC(=O)C(=[N+]=[N-])C(=O)NCCO. The van der Waals surface area contributed by atoms with Crippen LogP contribution in [0.5, 0.6) is 0 Å². The number of nitrogens with zero attached hydrogens (tertiary/aromatic N) is 2. The molecule has 0 aromatic heterocycles. The van der Waals surface area contributed by atoms with Crippen LogP contribution in [0.15, 0.2) is 0 Å². The number of aliphatic hydroxyl groups is 1. The van der Waals surface area contributed by atoms with Crippen molar-refractivity contribution in [3.8, 4) is 0 Å². The first-order valence-corrected chi connectivity index (χ1v) is 3.25. The summed E-state index contributed by atoms with van der Waals surface area (Å²) >= 11 is 0. The normalized spacial score (nSPS) is 8.50. The molecule has 2 N–H and O–H groups in total. The zero-order valence-electron chi connectivity index (χ0n) is 6.57. The predicted octanol–water partition coefficient (Wildman–Crippen LogP) is -1.65. The molecule has 12 heavy (non-hydrogen) atoms. The van der Waals surface area contributed by atoms with Crippen molar-refractivity contribution in [2.75, 3.05) is 13.2 Å². The maximum atomic E-state index is 10.8. The molecular weight excluding hydrogens is 162 g/mol. The molecule has 0 radical (unpaired) electrons. The summed E-state index contributed by atoms with van der Waals surface area (Å²) in [5.74, 6) is -1.42. The molecule has 0 fully saturated rings. The van der Waals surface area contributed by atoms with Crippen LogP contribution in [0, 0.1) is 0 Å². The summed E-state index contributed by atoms with van der Waals surface area (Å²) in [6.07, 6.45) is 0. The van der Waals surface area contributed by atoms with Crippen molar-refractivity contribution in [3.05, 3.63) is 5.53 Å². The minimum atomic E-state index is -0.793. The molecule has 0 unspecified atom stereocenters. The van der Waals surface area contributed by atoms with Gasteiger partial charge in [0.25, 0.3) is 0 Å². The van der Waals surface area contributed by atoms with Crippen molar-refractivity contribution < 1.29 is 19.5 Å². The topological polar surface area (TPSA) is 103 Å². The molecule has 6 heteroatoms. The number of Topliss-reactive ketones (excluding diaryl/α,β-unsaturated/α-hetero) is 1. The van der Waals surface area contributed by atoms with Crippen LogP contribution >= 0.6 is 0 Å². The van der Waals surface area contributed by atoms with Crippen LogP contribution in [0.4, 0.5) is 0 Å². The lowest BCUT2D eigenvalue weighted by Gasteiger charge is -1.95. The van der Waals surface area contributed by atoms with E-state index in [9.17, 15) is 9.59 Å². The van der Waals surface area contributed by atoms with Crippen molar-refractivity contribution in [3.63, 3.8) is 0 Å². The zero-order valence-corrected chi connectivity index (χ0v) is 6.57. The Morgan fingerprint density at radius 3 is 2.50 bits per heavy atom. The van der Waals surface area contributed by atoms with Gasteiger partial charge in [0.05, 0.1) is 6.61 Å². The zero-order chi connectivity index (χ0) is 9.56. The average molecular weight is 171 g/mol. The molecule has 1 amide bonds. The minimum Gasteiger partial charge on any atom is -0.395 e. The van der Waals surface area contributed by atoms with Crippen LogP contribution in [-0.2, 0) is 9.59 Å². The molecule has 66 valence electrons. The average Bonchev–Trinajstić information content (AvgIpc) is 2.01. The number of aliphatic hydroxyl groups excluding tert-OH is 1. The van der Waals surface area contributed by atoms with Gasteiger partial charge in [0.2, 0.25) is 5.78 Å². The van der Waals surface area contributed by atoms with Gasteiger partial charge in [-0.3, -0.25) is 9.59 Å². The first-order valence-electron chi connectivity index (χ1n) is 3.25. The summed E-state index contributed by atoms with van der Waals surface area (Å²) in [6, 6.07) is 0. The van der Waals surface area contributed by atoms with E-state index in [2.05, 4.69) is 10.1 Å². The molecule has 0 rings (SSSR count). The molecule has 6 nitrogen and oxygen atoms in total. The Balaban J connectivity index is 4.26. The Bertz CT molecular complexity index is 242. The summed E-state index contributed by atoms with van der Waals surface area (Å²) in [7, 11) is 0. The van der Waals surface area contributed by atoms with Crippen LogP contribution in [0.2, 0.25) is 0 Å². The first kappa shape index (κ1) is 10.5. The summed E-state index contributed by atoms with van der Waals surface area (Å²) in [5, 5.41) is 10.5. The molecule has 0 aromatic carbocycles. The fourth-order valence-corrected chi connectivity index (χ4v) is 0.529. The Morgan fingerprint density at radius 2 is 2.17 bits per heavy atom. The number of rotatable bonds is 4. The van der Waals surface area contributed by atoms with Gasteiger partial charge in [0.1, 0.15) is 0 Å². The predicted molar refractivity (Wildman–Crippen MR) is 39.4 cm³/mol. The maximum absolute atomic E-state index is 10.8. The summed E-state index contributed by atoms with van der Waals surface area (Å²) in [5.41, 5.74) is 7.64. The van der Waals surface area contributed by atoms with Crippen LogP contribution < -0.4 is 5.32 Å². The van der Waals surface area contributed by atoms with E-state index in [0.717, 1.165) is 6.92 Å². The highest BCUT2D eigenvalue weighted by Gasteiger charge is 2.24. The molecule has 0 atom stereocenters. The van der Waals surface area contributed by atoms with Crippen LogP contribution in [0.3, 0.4) is 0 Å². The third kappa shape index (κ3) is 3.05. The fourth-order valence-electron chi connectivity index (χ4n) is 0.529. The number of carbonyl (C=O) groups is 2. The molecule has 0 aromatic rings. The van der Waals surface area contributed by atoms with E-state index in [1.807, 2.05) is 0 Å². The van der Waals surface area contributed by atoms with Crippen LogP contribution in [0.25, 0.3) is 5.53 Å². The van der Waals surface area contributed by atoms with Gasteiger partial charge in [-0.15, -0.1) is 0 Å². The van der Waals surface area contributed by atoms with Gasteiger partial charge in [-0.1, -0.05) is 0 Å². The van der Waals surface area contributed by atoms with E-state index in [-0.39, 0.29) is 13.2 Å². The molecule has 0 saturated carbocycles. The molecule has 0 aliphatic carbocycles. The number of carbonyl (C=O) groups excluding carboxylic acids is 2. The van der Waals surface area contributed by atoms with Crippen LogP contribution in [-0.4, -0.2) is 40.5 Å². The van der Waals surface area contributed by atoms with E-state index >= 15 is 0 Å². The molecule has 0 aliphatic heterocycles. The number of nitrogens with one attached hydrogen (secondary N) is 1. The molecule has 0 heterocycles. The van der Waals surface area contributed by atoms with Crippen molar-refractivity contribution in [1.82, 2.24) is 5.32 Å². The van der Waals surface area contributed by atoms with E-state index in [1.54, 1.807) is 0 Å². The Hall–Kier alpha value is -1.52. The van der Waals surface area contributed by atoms with Gasteiger partial charge in [-0.05, 0) is 0 Å².